The van der Waals surface area contributed by atoms with Crippen molar-refractivity contribution in [3.63, 3.8) is 0 Å². The van der Waals surface area contributed by atoms with E-state index in [2.05, 4.69) is 32.0 Å². The lowest BCUT2D eigenvalue weighted by Gasteiger charge is -2.14. The second-order valence-electron chi connectivity index (χ2n) is 6.42. The monoisotopic (exact) mass is 329 g/mol. The Morgan fingerprint density at radius 1 is 1.25 bits per heavy atom. The minimum Gasteiger partial charge on any atom is -0.338 e. The Labute approximate surface area is 143 Å². The third-order valence-corrected chi connectivity index (χ3v) is 4.48. The highest BCUT2D eigenvalue weighted by molar-refractivity contribution is 5.91. The van der Waals surface area contributed by atoms with Crippen molar-refractivity contribution in [1.29, 1.82) is 0 Å². The molecule has 0 unspecified atom stereocenters. The second kappa shape index (κ2) is 8.15. The van der Waals surface area contributed by atoms with E-state index in [1.54, 1.807) is 0 Å². The van der Waals surface area contributed by atoms with E-state index < -0.39 is 0 Å². The zero-order valence-corrected chi connectivity index (χ0v) is 14.4. The summed E-state index contributed by atoms with van der Waals surface area (Å²) < 4.78 is 2.14. The van der Waals surface area contributed by atoms with Crippen molar-refractivity contribution < 1.29 is 4.79 Å². The van der Waals surface area contributed by atoms with Gasteiger partial charge in [0.25, 0.3) is 0 Å². The van der Waals surface area contributed by atoms with E-state index >= 15 is 0 Å². The number of amides is 2. The van der Waals surface area contributed by atoms with Gasteiger partial charge in [0.15, 0.2) is 0 Å². The van der Waals surface area contributed by atoms with Crippen LogP contribution in [0.3, 0.4) is 0 Å². The molecule has 1 aromatic carbocycles. The number of likely N-dealkylation sites (tertiary alicyclic amines) is 1. The molecular formula is C18H27N5O. The number of rotatable bonds is 7. The predicted molar refractivity (Wildman–Crippen MR) is 97.3 cm³/mol. The van der Waals surface area contributed by atoms with Gasteiger partial charge in [-0.2, -0.15) is 0 Å². The van der Waals surface area contributed by atoms with Gasteiger partial charge in [-0.1, -0.05) is 6.92 Å². The minimum atomic E-state index is -0.149. The van der Waals surface area contributed by atoms with Gasteiger partial charge >= 0.3 is 6.03 Å². The average molecular weight is 329 g/mol. The van der Waals surface area contributed by atoms with Crippen LogP contribution < -0.4 is 10.6 Å². The normalized spacial score (nSPS) is 15.0. The molecule has 0 atom stereocenters. The van der Waals surface area contributed by atoms with Gasteiger partial charge in [-0.3, -0.25) is 0 Å². The van der Waals surface area contributed by atoms with Crippen LogP contribution in [0.5, 0.6) is 0 Å². The van der Waals surface area contributed by atoms with Crippen LogP contribution in [0.1, 0.15) is 32.6 Å². The van der Waals surface area contributed by atoms with Gasteiger partial charge < -0.3 is 20.1 Å². The van der Waals surface area contributed by atoms with E-state index in [1.165, 1.54) is 25.9 Å². The van der Waals surface area contributed by atoms with Crippen LogP contribution in [0.2, 0.25) is 0 Å². The highest BCUT2D eigenvalue weighted by Crippen LogP contribution is 2.18. The van der Waals surface area contributed by atoms with Crippen LogP contribution >= 0.6 is 0 Å². The largest absolute Gasteiger partial charge is 0.338 e. The average Bonchev–Trinajstić information content (AvgIpc) is 3.22. The smallest absolute Gasteiger partial charge is 0.319 e. The number of nitrogens with one attached hydrogen (secondary N) is 2. The maximum Gasteiger partial charge on any atom is 0.319 e. The lowest BCUT2D eigenvalue weighted by Crippen LogP contribution is -2.31. The highest BCUT2D eigenvalue weighted by atomic mass is 16.2. The van der Waals surface area contributed by atoms with Gasteiger partial charge in [-0.25, -0.2) is 9.78 Å². The Bertz CT molecular complexity index is 675. The van der Waals surface area contributed by atoms with Crippen molar-refractivity contribution in [2.45, 2.75) is 39.2 Å². The molecule has 1 aliphatic rings. The van der Waals surface area contributed by atoms with E-state index in [0.717, 1.165) is 42.7 Å². The Kier molecular flexibility index (Phi) is 5.69. The molecule has 0 aliphatic carbocycles. The molecule has 0 spiro atoms. The molecule has 130 valence electrons. The second-order valence-corrected chi connectivity index (χ2v) is 6.42. The summed E-state index contributed by atoms with van der Waals surface area (Å²) in [5.41, 5.74) is 2.80. The first-order valence-corrected chi connectivity index (χ1v) is 8.98. The minimum absolute atomic E-state index is 0.149. The molecule has 1 aromatic heterocycles. The first kappa shape index (κ1) is 16.8. The topological polar surface area (TPSA) is 62.2 Å². The predicted octanol–water partition coefficient (Wildman–Crippen LogP) is 3.05. The summed E-state index contributed by atoms with van der Waals surface area (Å²) in [6.45, 7) is 7.29. The Morgan fingerprint density at radius 3 is 2.88 bits per heavy atom. The molecule has 2 heterocycles. The molecule has 1 fully saturated rings. The molecule has 0 radical (unpaired) electrons. The summed E-state index contributed by atoms with van der Waals surface area (Å²) in [6.07, 6.45) is 6.55. The fourth-order valence-electron chi connectivity index (χ4n) is 3.25. The van der Waals surface area contributed by atoms with Crippen molar-refractivity contribution >= 4 is 22.8 Å². The number of carbonyl (C=O) groups is 1. The fraction of sp³-hybridized carbons (Fsp3) is 0.556. The van der Waals surface area contributed by atoms with Crippen LogP contribution in [-0.4, -0.2) is 46.7 Å². The Morgan fingerprint density at radius 2 is 2.08 bits per heavy atom. The number of imidazole rings is 1. The third kappa shape index (κ3) is 4.26. The van der Waals surface area contributed by atoms with E-state index in [0.29, 0.717) is 6.54 Å². The molecule has 24 heavy (non-hydrogen) atoms. The quantitative estimate of drug-likeness (QED) is 0.768. The number of fused-ring (bicyclic) bond motifs is 1. The van der Waals surface area contributed by atoms with E-state index in [1.807, 2.05) is 24.5 Å². The van der Waals surface area contributed by atoms with Gasteiger partial charge in [-0.15, -0.1) is 0 Å². The molecule has 2 aromatic rings. The van der Waals surface area contributed by atoms with Crippen LogP contribution in [0.4, 0.5) is 10.5 Å². The van der Waals surface area contributed by atoms with Crippen LogP contribution in [0, 0.1) is 0 Å². The first-order chi connectivity index (χ1) is 11.8. The van der Waals surface area contributed by atoms with E-state index in [-0.39, 0.29) is 6.03 Å². The van der Waals surface area contributed by atoms with Crippen molar-refractivity contribution in [3.05, 3.63) is 24.5 Å². The maximum absolute atomic E-state index is 12.0. The highest BCUT2D eigenvalue weighted by Gasteiger charge is 2.10. The molecule has 2 amide bonds. The Hall–Kier alpha value is -2.08. The molecule has 6 heteroatoms. The fourth-order valence-corrected chi connectivity index (χ4v) is 3.25. The van der Waals surface area contributed by atoms with Crippen molar-refractivity contribution in [2.75, 3.05) is 31.5 Å². The lowest BCUT2D eigenvalue weighted by molar-refractivity contribution is 0.251. The van der Waals surface area contributed by atoms with Gasteiger partial charge in [-0.05, 0) is 63.5 Å². The molecule has 0 saturated carbocycles. The van der Waals surface area contributed by atoms with Crippen LogP contribution in [0.15, 0.2) is 24.5 Å². The number of nitrogens with zero attached hydrogens (tertiary/aromatic N) is 3. The molecule has 1 saturated heterocycles. The number of aryl methyl sites for hydroxylation is 1. The molecular weight excluding hydrogens is 302 g/mol. The first-order valence-electron chi connectivity index (χ1n) is 8.98. The summed E-state index contributed by atoms with van der Waals surface area (Å²) in [7, 11) is 0. The van der Waals surface area contributed by atoms with Gasteiger partial charge in [0.2, 0.25) is 0 Å². The summed E-state index contributed by atoms with van der Waals surface area (Å²) in [6, 6.07) is 5.72. The van der Waals surface area contributed by atoms with Gasteiger partial charge in [0.1, 0.15) is 0 Å². The molecule has 3 rings (SSSR count). The lowest BCUT2D eigenvalue weighted by atomic mass is 10.2. The number of anilines is 1. The Balaban J connectivity index is 1.46. The summed E-state index contributed by atoms with van der Waals surface area (Å²) >= 11 is 0. The standard InChI is InChI=1S/C18H27N5O/c1-2-9-23-14-20-16-13-15(6-7-17(16)23)21-18(24)19-8-5-12-22-10-3-4-11-22/h6-7,13-14H,2-5,8-12H2,1H3,(H2,19,21,24). The van der Waals surface area contributed by atoms with Gasteiger partial charge in [0.05, 0.1) is 17.4 Å². The molecule has 0 bridgehead atoms. The molecule has 2 N–H and O–H groups in total. The van der Waals surface area contributed by atoms with E-state index in [9.17, 15) is 4.79 Å². The SMILES string of the molecule is CCCn1cnc2cc(NC(=O)NCCCN3CCCC3)ccc21. The summed E-state index contributed by atoms with van der Waals surface area (Å²) in [5.74, 6) is 0. The zero-order chi connectivity index (χ0) is 16.8. The summed E-state index contributed by atoms with van der Waals surface area (Å²) in [4.78, 5) is 18.9. The van der Waals surface area contributed by atoms with Crippen molar-refractivity contribution in [3.8, 4) is 0 Å². The van der Waals surface area contributed by atoms with Gasteiger partial charge in [0, 0.05) is 18.8 Å². The number of urea groups is 1. The summed E-state index contributed by atoms with van der Waals surface area (Å²) in [5, 5.41) is 5.82. The van der Waals surface area contributed by atoms with Crippen molar-refractivity contribution in [2.24, 2.45) is 0 Å². The maximum atomic E-state index is 12.0. The zero-order valence-electron chi connectivity index (χ0n) is 14.4. The number of hydrogen-bond donors (Lipinski definition) is 2. The number of aromatic nitrogens is 2. The number of hydrogen-bond acceptors (Lipinski definition) is 3. The number of carbonyl (C=O) groups excluding carboxylic acids is 1. The molecule has 6 nitrogen and oxygen atoms in total. The van der Waals surface area contributed by atoms with E-state index in [4.69, 9.17) is 0 Å². The van der Waals surface area contributed by atoms with Crippen LogP contribution in [0.25, 0.3) is 11.0 Å². The van der Waals surface area contributed by atoms with Crippen molar-refractivity contribution in [1.82, 2.24) is 19.8 Å². The third-order valence-electron chi connectivity index (χ3n) is 4.48. The number of benzene rings is 1. The molecule has 1 aliphatic heterocycles. The van der Waals surface area contributed by atoms with Crippen LogP contribution in [-0.2, 0) is 6.54 Å².